The maximum Gasteiger partial charge on any atom is 0.137 e. The molecular formula is C10H12Cl2O3. The van der Waals surface area contributed by atoms with E-state index in [9.17, 15) is 15.3 Å². The van der Waals surface area contributed by atoms with Crippen molar-refractivity contribution in [1.82, 2.24) is 0 Å². The van der Waals surface area contributed by atoms with E-state index in [1.807, 2.05) is 0 Å². The molecule has 0 saturated heterocycles. The molecule has 1 rings (SSSR count). The van der Waals surface area contributed by atoms with Crippen LogP contribution >= 0.6 is 23.2 Å². The lowest BCUT2D eigenvalue weighted by Crippen LogP contribution is -2.19. The minimum atomic E-state index is -1.10. The predicted octanol–water partition coefficient (Wildman–Crippen LogP) is 1.99. The molecular weight excluding hydrogens is 239 g/mol. The Bertz CT molecular complexity index is 332. The van der Waals surface area contributed by atoms with Crippen molar-refractivity contribution in [3.05, 3.63) is 28.3 Å². The van der Waals surface area contributed by atoms with Crippen molar-refractivity contribution in [2.75, 3.05) is 5.88 Å². The number of hydrogen-bond acceptors (Lipinski definition) is 3. The van der Waals surface area contributed by atoms with Gasteiger partial charge >= 0.3 is 0 Å². The minimum Gasteiger partial charge on any atom is -0.506 e. The normalized spacial score (nSPS) is 15.0. The molecule has 0 aromatic heterocycles. The van der Waals surface area contributed by atoms with Gasteiger partial charge < -0.3 is 15.3 Å². The van der Waals surface area contributed by atoms with Crippen molar-refractivity contribution in [2.45, 2.75) is 19.1 Å². The number of benzene rings is 1. The van der Waals surface area contributed by atoms with Gasteiger partial charge in [-0.2, -0.15) is 0 Å². The average Bonchev–Trinajstić information content (AvgIpc) is 2.23. The maximum absolute atomic E-state index is 9.65. The minimum absolute atomic E-state index is 0.0204. The van der Waals surface area contributed by atoms with Crippen molar-refractivity contribution < 1.29 is 15.3 Å². The van der Waals surface area contributed by atoms with Crippen LogP contribution in [0.25, 0.3) is 0 Å². The van der Waals surface area contributed by atoms with Crippen LogP contribution in [0.3, 0.4) is 0 Å². The van der Waals surface area contributed by atoms with E-state index < -0.39 is 12.2 Å². The molecule has 0 aliphatic carbocycles. The second kappa shape index (κ2) is 5.03. The Morgan fingerprint density at radius 3 is 2.40 bits per heavy atom. The number of alkyl halides is 1. The summed E-state index contributed by atoms with van der Waals surface area (Å²) in [5, 5.41) is 28.5. The third-order valence-corrected chi connectivity index (χ3v) is 2.74. The van der Waals surface area contributed by atoms with Crippen LogP contribution < -0.4 is 0 Å². The van der Waals surface area contributed by atoms with Gasteiger partial charge in [-0.1, -0.05) is 11.6 Å². The topological polar surface area (TPSA) is 60.7 Å². The molecule has 0 spiro atoms. The molecule has 0 fully saturated rings. The van der Waals surface area contributed by atoms with Gasteiger partial charge in [0.15, 0.2) is 0 Å². The lowest BCUT2D eigenvalue weighted by Gasteiger charge is -2.17. The number of phenols is 1. The van der Waals surface area contributed by atoms with Crippen LogP contribution in [0.5, 0.6) is 5.75 Å². The number of rotatable bonds is 3. The SMILES string of the molecule is Cc1cc(C(O)C(O)CCl)cc(Cl)c1O. The zero-order valence-corrected chi connectivity index (χ0v) is 9.63. The summed E-state index contributed by atoms with van der Waals surface area (Å²) < 4.78 is 0. The lowest BCUT2D eigenvalue weighted by atomic mass is 10.0. The number of aliphatic hydroxyl groups is 2. The second-order valence-corrected chi connectivity index (χ2v) is 4.05. The molecule has 0 aliphatic heterocycles. The van der Waals surface area contributed by atoms with Crippen molar-refractivity contribution in [1.29, 1.82) is 0 Å². The van der Waals surface area contributed by atoms with Crippen LogP contribution in [0.2, 0.25) is 5.02 Å². The molecule has 84 valence electrons. The number of halogens is 2. The number of aliphatic hydroxyl groups excluding tert-OH is 2. The highest BCUT2D eigenvalue weighted by atomic mass is 35.5. The Morgan fingerprint density at radius 2 is 1.93 bits per heavy atom. The summed E-state index contributed by atoms with van der Waals surface area (Å²) in [6.45, 7) is 1.66. The average molecular weight is 251 g/mol. The van der Waals surface area contributed by atoms with Gasteiger partial charge in [-0.3, -0.25) is 0 Å². The molecule has 0 heterocycles. The fraction of sp³-hybridized carbons (Fsp3) is 0.400. The Hall–Kier alpha value is -0.480. The summed E-state index contributed by atoms with van der Waals surface area (Å²) >= 11 is 11.2. The molecule has 3 nitrogen and oxygen atoms in total. The molecule has 0 bridgehead atoms. The zero-order chi connectivity index (χ0) is 11.6. The summed E-state index contributed by atoms with van der Waals surface area (Å²) in [6.07, 6.45) is -2.15. The highest BCUT2D eigenvalue weighted by molar-refractivity contribution is 6.32. The van der Waals surface area contributed by atoms with E-state index in [2.05, 4.69) is 0 Å². The lowest BCUT2D eigenvalue weighted by molar-refractivity contribution is 0.0326. The number of aryl methyl sites for hydroxylation is 1. The Kier molecular flexibility index (Phi) is 4.22. The van der Waals surface area contributed by atoms with Gasteiger partial charge in [0, 0.05) is 0 Å². The van der Waals surface area contributed by atoms with Crippen molar-refractivity contribution >= 4 is 23.2 Å². The molecule has 0 radical (unpaired) electrons. The third-order valence-electron chi connectivity index (χ3n) is 2.14. The molecule has 3 N–H and O–H groups in total. The van der Waals surface area contributed by atoms with Gasteiger partial charge in [0.25, 0.3) is 0 Å². The quantitative estimate of drug-likeness (QED) is 0.720. The van der Waals surface area contributed by atoms with Gasteiger partial charge in [-0.05, 0) is 30.2 Å². The van der Waals surface area contributed by atoms with Crippen LogP contribution in [0.15, 0.2) is 12.1 Å². The van der Waals surface area contributed by atoms with Gasteiger partial charge in [-0.25, -0.2) is 0 Å². The smallest absolute Gasteiger partial charge is 0.137 e. The largest absolute Gasteiger partial charge is 0.506 e. The highest BCUT2D eigenvalue weighted by Crippen LogP contribution is 2.31. The number of phenolic OH excluding ortho intramolecular Hbond substituents is 1. The van der Waals surface area contributed by atoms with E-state index in [0.717, 1.165) is 0 Å². The van der Waals surface area contributed by atoms with Gasteiger partial charge in [0.05, 0.1) is 17.0 Å². The van der Waals surface area contributed by atoms with Crippen LogP contribution in [0, 0.1) is 6.92 Å². The van der Waals surface area contributed by atoms with Crippen LogP contribution in [-0.2, 0) is 0 Å². The van der Waals surface area contributed by atoms with Gasteiger partial charge in [-0.15, -0.1) is 11.6 Å². The number of hydrogen-bond donors (Lipinski definition) is 3. The number of aromatic hydroxyl groups is 1. The summed E-state index contributed by atoms with van der Waals surface area (Å²) in [5.41, 5.74) is 0.974. The van der Waals surface area contributed by atoms with Crippen molar-refractivity contribution in [3.8, 4) is 5.75 Å². The molecule has 0 amide bonds. The Balaban J connectivity index is 3.06. The molecule has 1 aromatic carbocycles. The Morgan fingerprint density at radius 1 is 1.33 bits per heavy atom. The van der Waals surface area contributed by atoms with E-state index in [1.54, 1.807) is 13.0 Å². The molecule has 5 heteroatoms. The van der Waals surface area contributed by atoms with Crippen LogP contribution in [-0.4, -0.2) is 27.3 Å². The molecule has 0 aliphatic rings. The van der Waals surface area contributed by atoms with Crippen LogP contribution in [0.4, 0.5) is 0 Å². The zero-order valence-electron chi connectivity index (χ0n) is 8.11. The van der Waals surface area contributed by atoms with Crippen molar-refractivity contribution in [3.63, 3.8) is 0 Å². The van der Waals surface area contributed by atoms with E-state index in [4.69, 9.17) is 23.2 Å². The summed E-state index contributed by atoms with van der Waals surface area (Å²) in [6, 6.07) is 2.96. The van der Waals surface area contributed by atoms with Gasteiger partial charge in [0.1, 0.15) is 11.9 Å². The molecule has 2 unspecified atom stereocenters. The predicted molar refractivity (Wildman–Crippen MR) is 59.5 cm³/mol. The van der Waals surface area contributed by atoms with Gasteiger partial charge in [0.2, 0.25) is 0 Å². The molecule has 0 saturated carbocycles. The highest BCUT2D eigenvalue weighted by Gasteiger charge is 2.19. The Labute approximate surface area is 97.9 Å². The first-order chi connectivity index (χ1) is 6.97. The van der Waals surface area contributed by atoms with E-state index in [0.29, 0.717) is 11.1 Å². The van der Waals surface area contributed by atoms with E-state index in [1.165, 1.54) is 6.07 Å². The monoisotopic (exact) mass is 250 g/mol. The van der Waals surface area contributed by atoms with E-state index >= 15 is 0 Å². The summed E-state index contributed by atoms with van der Waals surface area (Å²) in [4.78, 5) is 0. The molecule has 2 atom stereocenters. The van der Waals surface area contributed by atoms with Crippen LogP contribution in [0.1, 0.15) is 17.2 Å². The van der Waals surface area contributed by atoms with E-state index in [-0.39, 0.29) is 16.7 Å². The first kappa shape index (κ1) is 12.6. The summed E-state index contributed by atoms with van der Waals surface area (Å²) in [7, 11) is 0. The fourth-order valence-electron chi connectivity index (χ4n) is 1.24. The maximum atomic E-state index is 9.65. The van der Waals surface area contributed by atoms with Crippen molar-refractivity contribution in [2.24, 2.45) is 0 Å². The molecule has 1 aromatic rings. The second-order valence-electron chi connectivity index (χ2n) is 3.33. The fourth-order valence-corrected chi connectivity index (χ4v) is 1.68. The first-order valence-electron chi connectivity index (χ1n) is 4.38. The molecule has 15 heavy (non-hydrogen) atoms. The summed E-state index contributed by atoms with van der Waals surface area (Å²) in [5.74, 6) is -0.0911. The standard InChI is InChI=1S/C10H12Cl2O3/c1-5-2-6(3-7(12)9(5)14)10(15)8(13)4-11/h2-3,8,10,13-15H,4H2,1H3. The first-order valence-corrected chi connectivity index (χ1v) is 5.29. The third kappa shape index (κ3) is 2.75.